The highest BCUT2D eigenvalue weighted by Gasteiger charge is 2.33. The number of rotatable bonds is 5. The van der Waals surface area contributed by atoms with Crippen LogP contribution in [0.3, 0.4) is 0 Å². The van der Waals surface area contributed by atoms with E-state index >= 15 is 0 Å². The maximum absolute atomic E-state index is 13.6. The molecule has 2 amide bonds. The summed E-state index contributed by atoms with van der Waals surface area (Å²) in [6, 6.07) is 21.5. The third-order valence-electron chi connectivity index (χ3n) is 4.91. The molecule has 0 aliphatic carbocycles. The number of benzene rings is 3. The molecule has 4 rings (SSSR count). The first kappa shape index (κ1) is 19.2. The lowest BCUT2D eigenvalue weighted by atomic mass is 10.1. The van der Waals surface area contributed by atoms with Crippen molar-refractivity contribution in [2.24, 2.45) is 0 Å². The molecule has 0 N–H and O–H groups in total. The summed E-state index contributed by atoms with van der Waals surface area (Å²) < 4.78 is 12.5. The summed E-state index contributed by atoms with van der Waals surface area (Å²) in [4.78, 5) is 16.4. The van der Waals surface area contributed by atoms with Gasteiger partial charge < -0.3 is 9.47 Å². The van der Waals surface area contributed by atoms with Gasteiger partial charge in [0.1, 0.15) is 11.5 Å². The number of aryl methyl sites for hydroxylation is 1. The van der Waals surface area contributed by atoms with E-state index in [0.717, 1.165) is 21.7 Å². The van der Waals surface area contributed by atoms with Gasteiger partial charge in [-0.1, -0.05) is 36.4 Å². The van der Waals surface area contributed by atoms with Gasteiger partial charge in [0.05, 0.1) is 37.0 Å². The quantitative estimate of drug-likeness (QED) is 0.512. The van der Waals surface area contributed by atoms with Gasteiger partial charge in [-0.25, -0.2) is 9.10 Å². The second-order valence-electron chi connectivity index (χ2n) is 6.72. The minimum Gasteiger partial charge on any atom is -0.497 e. The molecule has 0 fully saturated rings. The van der Waals surface area contributed by atoms with Crippen LogP contribution in [0.25, 0.3) is 0 Å². The first-order chi connectivity index (χ1) is 14.1. The Morgan fingerprint density at radius 2 is 1.55 bits per heavy atom. The Morgan fingerprint density at radius 1 is 0.897 bits per heavy atom. The van der Waals surface area contributed by atoms with Crippen LogP contribution < -0.4 is 18.7 Å². The van der Waals surface area contributed by atoms with Crippen LogP contribution >= 0.6 is 11.9 Å². The number of carbonyl (C=O) groups excluding carboxylic acids is 1. The molecule has 1 heterocycles. The smallest absolute Gasteiger partial charge is 0.339 e. The summed E-state index contributed by atoms with van der Waals surface area (Å²) in [6.07, 6.45) is 0. The predicted octanol–water partition coefficient (Wildman–Crippen LogP) is 5.67. The highest BCUT2D eigenvalue weighted by Crippen LogP contribution is 2.43. The second-order valence-corrected chi connectivity index (χ2v) is 7.71. The van der Waals surface area contributed by atoms with E-state index in [9.17, 15) is 4.79 Å². The maximum atomic E-state index is 13.6. The zero-order valence-corrected chi connectivity index (χ0v) is 17.4. The molecular formula is C23H22N2O3S. The summed E-state index contributed by atoms with van der Waals surface area (Å²) in [6.45, 7) is 2.57. The van der Waals surface area contributed by atoms with E-state index in [2.05, 4.69) is 19.1 Å². The molecule has 148 valence electrons. The van der Waals surface area contributed by atoms with Crippen molar-refractivity contribution >= 4 is 29.4 Å². The van der Waals surface area contributed by atoms with Crippen molar-refractivity contribution < 1.29 is 14.3 Å². The van der Waals surface area contributed by atoms with E-state index in [-0.39, 0.29) is 6.03 Å². The highest BCUT2D eigenvalue weighted by atomic mass is 32.2. The molecule has 0 bridgehead atoms. The molecule has 0 unspecified atom stereocenters. The molecule has 0 spiro atoms. The molecule has 1 aliphatic rings. The van der Waals surface area contributed by atoms with Crippen LogP contribution in [-0.4, -0.2) is 20.3 Å². The van der Waals surface area contributed by atoms with Crippen molar-refractivity contribution in [3.8, 4) is 11.5 Å². The Hall–Kier alpha value is -3.12. The molecule has 0 radical (unpaired) electrons. The van der Waals surface area contributed by atoms with Crippen molar-refractivity contribution in [3.05, 3.63) is 77.9 Å². The Kier molecular flexibility index (Phi) is 5.36. The first-order valence-electron chi connectivity index (χ1n) is 9.27. The van der Waals surface area contributed by atoms with Crippen LogP contribution in [0.2, 0.25) is 0 Å². The van der Waals surface area contributed by atoms with Crippen LogP contribution in [0.1, 0.15) is 11.1 Å². The van der Waals surface area contributed by atoms with E-state index in [1.807, 2.05) is 53.4 Å². The molecule has 3 aromatic rings. The van der Waals surface area contributed by atoms with E-state index in [0.29, 0.717) is 23.7 Å². The van der Waals surface area contributed by atoms with Crippen molar-refractivity contribution in [3.63, 3.8) is 0 Å². The van der Waals surface area contributed by atoms with Gasteiger partial charge >= 0.3 is 6.03 Å². The number of urea groups is 1. The van der Waals surface area contributed by atoms with Crippen molar-refractivity contribution in [1.29, 1.82) is 0 Å². The molecule has 6 heteroatoms. The number of amides is 2. The first-order valence-corrected chi connectivity index (χ1v) is 10.0. The third kappa shape index (κ3) is 3.76. The minimum absolute atomic E-state index is 0.104. The van der Waals surface area contributed by atoms with Crippen LogP contribution in [-0.2, 0) is 6.54 Å². The zero-order valence-electron chi connectivity index (χ0n) is 16.6. The van der Waals surface area contributed by atoms with Gasteiger partial charge in [0.2, 0.25) is 0 Å². The van der Waals surface area contributed by atoms with Crippen molar-refractivity contribution in [2.45, 2.75) is 18.4 Å². The average Bonchev–Trinajstić information content (AvgIpc) is 2.76. The Bertz CT molecular complexity index is 1030. The summed E-state index contributed by atoms with van der Waals surface area (Å²) in [5, 5.41) is 0. The zero-order chi connectivity index (χ0) is 20.4. The Morgan fingerprint density at radius 3 is 2.24 bits per heavy atom. The molecule has 1 aliphatic heterocycles. The largest absolute Gasteiger partial charge is 0.497 e. The number of hydrogen-bond donors (Lipinski definition) is 0. The summed E-state index contributed by atoms with van der Waals surface area (Å²) in [5.41, 5.74) is 3.90. The van der Waals surface area contributed by atoms with E-state index in [1.54, 1.807) is 24.6 Å². The van der Waals surface area contributed by atoms with Crippen LogP contribution in [0.5, 0.6) is 11.5 Å². The Labute approximate surface area is 175 Å². The normalized spacial score (nSPS) is 13.3. The van der Waals surface area contributed by atoms with Gasteiger partial charge in [0.25, 0.3) is 0 Å². The third-order valence-corrected chi connectivity index (χ3v) is 6.00. The molecule has 3 aromatic carbocycles. The molecule has 29 heavy (non-hydrogen) atoms. The standard InChI is InChI=1S/C23H22N2O3S/c1-16-8-4-5-9-17(16)15-24-21-10-6-7-11-22(21)29-25(23(24)26)18-12-19(27-2)14-20(13-18)28-3/h4-14H,15H2,1-3H3. The monoisotopic (exact) mass is 406 g/mol. The fourth-order valence-electron chi connectivity index (χ4n) is 3.29. The van der Waals surface area contributed by atoms with E-state index in [4.69, 9.17) is 9.47 Å². The van der Waals surface area contributed by atoms with Crippen LogP contribution in [0.15, 0.2) is 71.6 Å². The lowest BCUT2D eigenvalue weighted by Gasteiger charge is -2.36. The summed E-state index contributed by atoms with van der Waals surface area (Å²) in [5.74, 6) is 1.27. The summed E-state index contributed by atoms with van der Waals surface area (Å²) >= 11 is 1.41. The molecule has 0 atom stereocenters. The summed E-state index contributed by atoms with van der Waals surface area (Å²) in [7, 11) is 3.20. The maximum Gasteiger partial charge on any atom is 0.339 e. The molecular weight excluding hydrogens is 384 g/mol. The number of para-hydroxylation sites is 1. The van der Waals surface area contributed by atoms with Crippen molar-refractivity contribution in [2.75, 3.05) is 23.4 Å². The van der Waals surface area contributed by atoms with Crippen LogP contribution in [0.4, 0.5) is 16.2 Å². The number of fused-ring (bicyclic) bond motifs is 1. The van der Waals surface area contributed by atoms with E-state index in [1.165, 1.54) is 11.9 Å². The minimum atomic E-state index is -0.104. The molecule has 5 nitrogen and oxygen atoms in total. The van der Waals surface area contributed by atoms with Gasteiger partial charge in [0.15, 0.2) is 0 Å². The van der Waals surface area contributed by atoms with Gasteiger partial charge in [0, 0.05) is 18.2 Å². The molecule has 0 saturated heterocycles. The highest BCUT2D eigenvalue weighted by molar-refractivity contribution is 8.01. The van der Waals surface area contributed by atoms with Gasteiger partial charge in [-0.05, 0) is 42.1 Å². The topological polar surface area (TPSA) is 42.0 Å². The fourth-order valence-corrected chi connectivity index (χ4v) is 4.29. The number of hydrogen-bond acceptors (Lipinski definition) is 4. The predicted molar refractivity (Wildman–Crippen MR) is 117 cm³/mol. The average molecular weight is 407 g/mol. The number of carbonyl (C=O) groups is 1. The Balaban J connectivity index is 1.77. The fraction of sp³-hybridized carbons (Fsp3) is 0.174. The number of nitrogens with zero attached hydrogens (tertiary/aromatic N) is 2. The van der Waals surface area contributed by atoms with E-state index < -0.39 is 0 Å². The van der Waals surface area contributed by atoms with Crippen LogP contribution in [0, 0.1) is 6.92 Å². The number of methoxy groups -OCH3 is 2. The molecule has 0 saturated carbocycles. The van der Waals surface area contributed by atoms with Gasteiger partial charge in [-0.3, -0.25) is 4.90 Å². The number of anilines is 2. The van der Waals surface area contributed by atoms with Crippen molar-refractivity contribution in [1.82, 2.24) is 0 Å². The van der Waals surface area contributed by atoms with Gasteiger partial charge in [-0.2, -0.15) is 0 Å². The lowest BCUT2D eigenvalue weighted by Crippen LogP contribution is -2.43. The molecule has 0 aromatic heterocycles. The second kappa shape index (κ2) is 8.09. The lowest BCUT2D eigenvalue weighted by molar-refractivity contribution is 0.254. The van der Waals surface area contributed by atoms with Gasteiger partial charge in [-0.15, -0.1) is 0 Å². The SMILES string of the molecule is COc1cc(OC)cc(N2Sc3ccccc3N(Cc3ccccc3C)C2=O)c1. The number of ether oxygens (including phenoxy) is 2.